The lowest BCUT2D eigenvalue weighted by Gasteiger charge is -2.29. The highest BCUT2D eigenvalue weighted by molar-refractivity contribution is 8.14. The normalized spacial score (nSPS) is 16.9. The molecule has 1 rings (SSSR count). The second kappa shape index (κ2) is 11.0. The quantitative estimate of drug-likeness (QED) is 0.456. The van der Waals surface area contributed by atoms with E-state index in [1.807, 2.05) is 0 Å². The summed E-state index contributed by atoms with van der Waals surface area (Å²) in [5.41, 5.74) is 5.29. The van der Waals surface area contributed by atoms with Gasteiger partial charge in [-0.3, -0.25) is 14.5 Å². The Bertz CT molecular complexity index is 543. The summed E-state index contributed by atoms with van der Waals surface area (Å²) in [5, 5.41) is -0.691. The number of hydrogen-bond acceptors (Lipinski definition) is 10. The van der Waals surface area contributed by atoms with E-state index in [-0.39, 0.29) is 6.61 Å². The predicted octanol–water partition coefficient (Wildman–Crippen LogP) is 1.38. The van der Waals surface area contributed by atoms with E-state index in [0.29, 0.717) is 19.8 Å². The zero-order valence-corrected chi connectivity index (χ0v) is 18.1. The minimum absolute atomic E-state index is 0.223. The molecule has 0 aliphatic carbocycles. The first kappa shape index (κ1) is 24.7. The van der Waals surface area contributed by atoms with Crippen LogP contribution in [0.25, 0.3) is 0 Å². The van der Waals surface area contributed by atoms with Crippen molar-refractivity contribution < 1.29 is 33.3 Å². The van der Waals surface area contributed by atoms with Gasteiger partial charge in [0.2, 0.25) is 6.79 Å². The number of nitrogens with two attached hydrogens (primary N) is 1. The summed E-state index contributed by atoms with van der Waals surface area (Å²) < 4.78 is 19.3. The molecular weight excluding hydrogens is 388 g/mol. The molecule has 1 saturated heterocycles. The van der Waals surface area contributed by atoms with E-state index in [4.69, 9.17) is 24.7 Å². The molecule has 0 aromatic heterocycles. The van der Waals surface area contributed by atoms with Crippen LogP contribution in [0.15, 0.2) is 0 Å². The molecule has 9 nitrogen and oxygen atoms in total. The molecule has 0 unspecified atom stereocenters. The van der Waals surface area contributed by atoms with Crippen molar-refractivity contribution in [1.82, 2.24) is 4.90 Å². The zero-order chi connectivity index (χ0) is 21.4. The van der Waals surface area contributed by atoms with E-state index in [0.717, 1.165) is 24.9 Å². The smallest absolute Gasteiger partial charge is 0.370 e. The molecule has 1 atom stereocenters. The molecule has 1 heterocycles. The van der Waals surface area contributed by atoms with Gasteiger partial charge in [0.15, 0.2) is 0 Å². The molecule has 28 heavy (non-hydrogen) atoms. The topological polar surface area (TPSA) is 117 Å². The van der Waals surface area contributed by atoms with E-state index < -0.39 is 40.2 Å². The highest BCUT2D eigenvalue weighted by Gasteiger charge is 2.37. The first-order chi connectivity index (χ1) is 12.9. The predicted molar refractivity (Wildman–Crippen MR) is 105 cm³/mol. The molecule has 0 bridgehead atoms. The van der Waals surface area contributed by atoms with Gasteiger partial charge in [-0.25, -0.2) is 4.79 Å². The van der Waals surface area contributed by atoms with Crippen molar-refractivity contribution in [2.75, 3.05) is 46.2 Å². The lowest BCUT2D eigenvalue weighted by Crippen LogP contribution is -2.49. The third kappa shape index (κ3) is 8.76. The summed E-state index contributed by atoms with van der Waals surface area (Å²) in [6, 6.07) is -1.02. The molecule has 1 fully saturated rings. The molecule has 2 N–H and O–H groups in total. The lowest BCUT2D eigenvalue weighted by atomic mass is 9.98. The number of nitrogens with zero attached hydrogens (tertiary/aromatic N) is 1. The van der Waals surface area contributed by atoms with Gasteiger partial charge < -0.3 is 24.7 Å². The van der Waals surface area contributed by atoms with Crippen LogP contribution in [0.5, 0.6) is 0 Å². The Balaban J connectivity index is 2.34. The molecule has 0 saturated carbocycles. The molecular formula is C18H32N2O7S. The Morgan fingerprint density at radius 2 is 1.68 bits per heavy atom. The SMILES string of the molecule is CC(C)(C)C(=O)OCOC(=O)SC(C)(C)[C@@H](N)C(=O)OCCN1CCOCC1. The van der Waals surface area contributed by atoms with Crippen molar-refractivity contribution >= 4 is 29.0 Å². The van der Waals surface area contributed by atoms with Crippen LogP contribution >= 0.6 is 11.8 Å². The van der Waals surface area contributed by atoms with E-state index in [2.05, 4.69) is 4.90 Å². The molecule has 1 aliphatic heterocycles. The third-order valence-corrected chi connectivity index (χ3v) is 5.15. The second-order valence-corrected chi connectivity index (χ2v) is 9.59. The molecule has 0 amide bonds. The molecule has 162 valence electrons. The molecule has 10 heteroatoms. The van der Waals surface area contributed by atoms with Gasteiger partial charge in [0.05, 0.1) is 18.6 Å². The summed E-state index contributed by atoms with van der Waals surface area (Å²) in [4.78, 5) is 37.9. The van der Waals surface area contributed by atoms with Crippen LogP contribution in [0, 0.1) is 5.41 Å². The number of carbonyl (C=O) groups excluding carboxylic acids is 3. The Labute approximate surface area is 170 Å². The maximum Gasteiger partial charge on any atom is 0.370 e. The van der Waals surface area contributed by atoms with Crippen LogP contribution in [0.1, 0.15) is 34.6 Å². The standard InChI is InChI=1S/C18H32N2O7S/c1-17(2,3)15(22)26-12-27-16(23)28-18(4,5)13(19)14(21)25-11-8-20-6-9-24-10-7-20/h13H,6-12,19H2,1-5H3/t13-/m0/s1. The summed E-state index contributed by atoms with van der Waals surface area (Å²) in [5.74, 6) is -1.07. The Hall–Kier alpha value is -1.36. The Morgan fingerprint density at radius 1 is 1.07 bits per heavy atom. The van der Waals surface area contributed by atoms with Crippen molar-refractivity contribution in [3.8, 4) is 0 Å². The van der Waals surface area contributed by atoms with Crippen LogP contribution in [0.3, 0.4) is 0 Å². The molecule has 1 aliphatic rings. The van der Waals surface area contributed by atoms with Crippen molar-refractivity contribution in [3.63, 3.8) is 0 Å². The maximum atomic E-state index is 12.2. The van der Waals surface area contributed by atoms with Crippen molar-refractivity contribution in [2.45, 2.75) is 45.4 Å². The largest absolute Gasteiger partial charge is 0.463 e. The third-order valence-electron chi connectivity index (χ3n) is 4.08. The van der Waals surface area contributed by atoms with Gasteiger partial charge in [-0.2, -0.15) is 0 Å². The summed E-state index contributed by atoms with van der Waals surface area (Å²) >= 11 is 0.754. The summed E-state index contributed by atoms with van der Waals surface area (Å²) in [6.07, 6.45) is 0. The average molecular weight is 421 g/mol. The minimum Gasteiger partial charge on any atom is -0.463 e. The van der Waals surface area contributed by atoms with Crippen molar-refractivity contribution in [2.24, 2.45) is 11.1 Å². The zero-order valence-electron chi connectivity index (χ0n) is 17.3. The van der Waals surface area contributed by atoms with Crippen LogP contribution in [-0.2, 0) is 28.5 Å². The van der Waals surface area contributed by atoms with Gasteiger partial charge in [0.25, 0.3) is 0 Å². The van der Waals surface area contributed by atoms with Gasteiger partial charge in [0.1, 0.15) is 12.6 Å². The average Bonchev–Trinajstić information content (AvgIpc) is 2.60. The van der Waals surface area contributed by atoms with Gasteiger partial charge in [-0.15, -0.1) is 0 Å². The first-order valence-electron chi connectivity index (χ1n) is 9.19. The van der Waals surface area contributed by atoms with E-state index in [1.165, 1.54) is 0 Å². The number of morpholine rings is 1. The molecule has 0 spiro atoms. The Morgan fingerprint density at radius 3 is 2.25 bits per heavy atom. The molecule has 0 aromatic rings. The van der Waals surface area contributed by atoms with Gasteiger partial charge in [-0.1, -0.05) is 0 Å². The number of rotatable bonds is 8. The minimum atomic E-state index is -1.02. The molecule has 0 aromatic carbocycles. The van der Waals surface area contributed by atoms with Gasteiger partial charge in [0, 0.05) is 24.4 Å². The fourth-order valence-corrected chi connectivity index (χ4v) is 2.89. The number of ether oxygens (including phenoxy) is 4. The fraction of sp³-hybridized carbons (Fsp3) is 0.833. The first-order valence-corrected chi connectivity index (χ1v) is 10.0. The fourth-order valence-electron chi connectivity index (χ4n) is 2.13. The van der Waals surface area contributed by atoms with Crippen LogP contribution in [0.4, 0.5) is 4.79 Å². The summed E-state index contributed by atoms with van der Waals surface area (Å²) in [7, 11) is 0. The second-order valence-electron chi connectivity index (χ2n) is 8.00. The monoisotopic (exact) mass is 420 g/mol. The number of carbonyl (C=O) groups is 3. The number of esters is 2. The number of thioether (sulfide) groups is 1. The highest BCUT2D eigenvalue weighted by Crippen LogP contribution is 2.29. The lowest BCUT2D eigenvalue weighted by molar-refractivity contribution is -0.160. The van der Waals surface area contributed by atoms with Gasteiger partial charge in [-0.05, 0) is 46.4 Å². The van der Waals surface area contributed by atoms with Crippen LogP contribution in [0.2, 0.25) is 0 Å². The van der Waals surface area contributed by atoms with Crippen molar-refractivity contribution in [3.05, 3.63) is 0 Å². The molecule has 0 radical (unpaired) electrons. The van der Waals surface area contributed by atoms with E-state index >= 15 is 0 Å². The highest BCUT2D eigenvalue weighted by atomic mass is 32.2. The summed E-state index contributed by atoms with van der Waals surface area (Å²) in [6.45, 7) is 11.7. The van der Waals surface area contributed by atoms with Crippen molar-refractivity contribution in [1.29, 1.82) is 0 Å². The number of hydrogen-bond donors (Lipinski definition) is 1. The van der Waals surface area contributed by atoms with E-state index in [9.17, 15) is 14.4 Å². The van der Waals surface area contributed by atoms with Crippen LogP contribution in [-0.4, -0.2) is 79.2 Å². The Kier molecular flexibility index (Phi) is 9.68. The van der Waals surface area contributed by atoms with Gasteiger partial charge >= 0.3 is 17.2 Å². The maximum absolute atomic E-state index is 12.2. The van der Waals surface area contributed by atoms with E-state index in [1.54, 1.807) is 34.6 Å². The van der Waals surface area contributed by atoms with Crippen LogP contribution < -0.4 is 5.73 Å².